The van der Waals surface area contributed by atoms with E-state index in [1.807, 2.05) is 6.07 Å². The zero-order valence-corrected chi connectivity index (χ0v) is 9.17. The van der Waals surface area contributed by atoms with Gasteiger partial charge in [-0.3, -0.25) is 14.2 Å². The normalized spacial score (nSPS) is 9.88. The second-order valence-electron chi connectivity index (χ2n) is 3.54. The number of carbonyl (C=O) groups excluding carboxylic acids is 1. The second kappa shape index (κ2) is 5.12. The number of nitrogens with one attached hydrogen (secondary N) is 1. The van der Waals surface area contributed by atoms with E-state index in [0.717, 1.165) is 0 Å². The monoisotopic (exact) mass is 228 g/mol. The number of hydrogen-bond acceptors (Lipinski definition) is 2. The van der Waals surface area contributed by atoms with Crippen molar-refractivity contribution < 1.29 is 4.79 Å². The number of amides is 1. The highest BCUT2D eigenvalue weighted by molar-refractivity contribution is 5.93. The molecule has 1 aromatic heterocycles. The molecule has 4 heteroatoms. The molecule has 0 aliphatic heterocycles. The molecule has 0 spiro atoms. The number of hydrogen-bond donors (Lipinski definition) is 1. The van der Waals surface area contributed by atoms with Gasteiger partial charge in [0.25, 0.3) is 11.5 Å². The van der Waals surface area contributed by atoms with Gasteiger partial charge in [0, 0.05) is 17.8 Å². The van der Waals surface area contributed by atoms with Gasteiger partial charge in [-0.2, -0.15) is 0 Å². The van der Waals surface area contributed by atoms with Gasteiger partial charge in [-0.05, 0) is 18.2 Å². The van der Waals surface area contributed by atoms with Crippen molar-refractivity contribution in [2.45, 2.75) is 6.67 Å². The highest BCUT2D eigenvalue weighted by atomic mass is 16.2. The minimum absolute atomic E-state index is 0.138. The molecule has 0 fully saturated rings. The summed E-state index contributed by atoms with van der Waals surface area (Å²) in [6, 6.07) is 13.8. The van der Waals surface area contributed by atoms with Gasteiger partial charge in [0.2, 0.25) is 0 Å². The summed E-state index contributed by atoms with van der Waals surface area (Å²) in [6.45, 7) is 0.174. The molecule has 0 bridgehead atoms. The molecule has 2 aromatic rings. The largest absolute Gasteiger partial charge is 0.334 e. The first-order valence-corrected chi connectivity index (χ1v) is 5.26. The third-order valence-electron chi connectivity index (χ3n) is 2.34. The molecular formula is C13H12N2O2. The number of aromatic nitrogens is 1. The molecular weight excluding hydrogens is 216 g/mol. The lowest BCUT2D eigenvalue weighted by Crippen LogP contribution is -2.31. The van der Waals surface area contributed by atoms with Crippen LogP contribution >= 0.6 is 0 Å². The van der Waals surface area contributed by atoms with Crippen LogP contribution in [-0.2, 0) is 6.67 Å². The fourth-order valence-corrected chi connectivity index (χ4v) is 1.44. The Morgan fingerprint density at radius 1 is 1.06 bits per heavy atom. The van der Waals surface area contributed by atoms with Gasteiger partial charge < -0.3 is 5.32 Å². The van der Waals surface area contributed by atoms with Gasteiger partial charge >= 0.3 is 0 Å². The van der Waals surface area contributed by atoms with E-state index in [1.165, 1.54) is 10.6 Å². The quantitative estimate of drug-likeness (QED) is 0.859. The average Bonchev–Trinajstić information content (AvgIpc) is 2.38. The Balaban J connectivity index is 2.02. The van der Waals surface area contributed by atoms with Crippen molar-refractivity contribution in [2.75, 3.05) is 0 Å². The molecule has 0 saturated heterocycles. The van der Waals surface area contributed by atoms with Gasteiger partial charge in [-0.25, -0.2) is 0 Å². The summed E-state index contributed by atoms with van der Waals surface area (Å²) in [5.74, 6) is -0.193. The Bertz CT molecular complexity index is 561. The Hall–Kier alpha value is -2.36. The molecule has 17 heavy (non-hydrogen) atoms. The van der Waals surface area contributed by atoms with Crippen LogP contribution in [0.4, 0.5) is 0 Å². The lowest BCUT2D eigenvalue weighted by Gasteiger charge is -2.07. The topological polar surface area (TPSA) is 51.1 Å². The van der Waals surface area contributed by atoms with Gasteiger partial charge in [-0.15, -0.1) is 0 Å². The Labute approximate surface area is 98.5 Å². The van der Waals surface area contributed by atoms with E-state index < -0.39 is 0 Å². The molecule has 1 aromatic carbocycles. The SMILES string of the molecule is O=C(NCn1ccccc1=O)c1ccccc1. The zero-order chi connectivity index (χ0) is 12.1. The summed E-state index contributed by atoms with van der Waals surface area (Å²) in [7, 11) is 0. The Morgan fingerprint density at radius 3 is 2.47 bits per heavy atom. The molecule has 2 rings (SSSR count). The molecule has 1 amide bonds. The van der Waals surface area contributed by atoms with E-state index in [0.29, 0.717) is 5.56 Å². The summed E-state index contributed by atoms with van der Waals surface area (Å²) in [5, 5.41) is 2.68. The highest BCUT2D eigenvalue weighted by Gasteiger charge is 2.03. The van der Waals surface area contributed by atoms with Crippen LogP contribution in [0.15, 0.2) is 59.5 Å². The van der Waals surface area contributed by atoms with Crippen LogP contribution < -0.4 is 10.9 Å². The van der Waals surface area contributed by atoms with E-state index in [-0.39, 0.29) is 18.1 Å². The van der Waals surface area contributed by atoms with Crippen molar-refractivity contribution in [3.63, 3.8) is 0 Å². The molecule has 1 heterocycles. The number of rotatable bonds is 3. The van der Waals surface area contributed by atoms with Crippen molar-refractivity contribution in [1.29, 1.82) is 0 Å². The van der Waals surface area contributed by atoms with Crippen LogP contribution in [0, 0.1) is 0 Å². The van der Waals surface area contributed by atoms with E-state index >= 15 is 0 Å². The van der Waals surface area contributed by atoms with Crippen LogP contribution in [0.5, 0.6) is 0 Å². The van der Waals surface area contributed by atoms with Crippen molar-refractivity contribution in [3.8, 4) is 0 Å². The lowest BCUT2D eigenvalue weighted by molar-refractivity contribution is 0.0941. The summed E-state index contributed by atoms with van der Waals surface area (Å²) in [5.41, 5.74) is 0.442. The van der Waals surface area contributed by atoms with Crippen LogP contribution in [0.2, 0.25) is 0 Å². The maximum Gasteiger partial charge on any atom is 0.252 e. The summed E-state index contributed by atoms with van der Waals surface area (Å²) >= 11 is 0. The van der Waals surface area contributed by atoms with Gasteiger partial charge in [0.1, 0.15) is 0 Å². The molecule has 0 aliphatic rings. The first-order valence-electron chi connectivity index (χ1n) is 5.26. The van der Waals surface area contributed by atoms with Gasteiger partial charge in [0.15, 0.2) is 0 Å². The Morgan fingerprint density at radius 2 is 1.76 bits per heavy atom. The Kier molecular flexibility index (Phi) is 3.35. The van der Waals surface area contributed by atoms with Crippen LogP contribution in [0.25, 0.3) is 0 Å². The van der Waals surface area contributed by atoms with Crippen molar-refractivity contribution in [1.82, 2.24) is 9.88 Å². The molecule has 86 valence electrons. The maximum absolute atomic E-state index is 11.7. The number of carbonyl (C=O) groups is 1. The maximum atomic E-state index is 11.7. The fraction of sp³-hybridized carbons (Fsp3) is 0.0769. The highest BCUT2D eigenvalue weighted by Crippen LogP contribution is 1.97. The second-order valence-corrected chi connectivity index (χ2v) is 3.54. The lowest BCUT2D eigenvalue weighted by atomic mass is 10.2. The molecule has 0 aliphatic carbocycles. The van der Waals surface area contributed by atoms with E-state index in [2.05, 4.69) is 5.32 Å². The van der Waals surface area contributed by atoms with Crippen molar-refractivity contribution in [2.24, 2.45) is 0 Å². The first-order chi connectivity index (χ1) is 8.27. The predicted molar refractivity (Wildman–Crippen MR) is 64.6 cm³/mol. The molecule has 0 saturated carbocycles. The molecule has 0 atom stereocenters. The third kappa shape index (κ3) is 2.81. The smallest absolute Gasteiger partial charge is 0.252 e. The van der Waals surface area contributed by atoms with Gasteiger partial charge in [-0.1, -0.05) is 24.3 Å². The van der Waals surface area contributed by atoms with Crippen LogP contribution in [-0.4, -0.2) is 10.5 Å². The number of benzene rings is 1. The van der Waals surface area contributed by atoms with Crippen molar-refractivity contribution in [3.05, 3.63) is 70.6 Å². The van der Waals surface area contributed by atoms with Crippen LogP contribution in [0.1, 0.15) is 10.4 Å². The number of pyridine rings is 1. The van der Waals surface area contributed by atoms with E-state index in [4.69, 9.17) is 0 Å². The summed E-state index contributed by atoms with van der Waals surface area (Å²) < 4.78 is 1.43. The van der Waals surface area contributed by atoms with E-state index in [9.17, 15) is 9.59 Å². The molecule has 1 N–H and O–H groups in total. The van der Waals surface area contributed by atoms with Crippen LogP contribution in [0.3, 0.4) is 0 Å². The fourth-order valence-electron chi connectivity index (χ4n) is 1.44. The first kappa shape index (κ1) is 11.1. The minimum atomic E-state index is -0.193. The average molecular weight is 228 g/mol. The molecule has 4 nitrogen and oxygen atoms in total. The predicted octanol–water partition coefficient (Wildman–Crippen LogP) is 1.24. The molecule has 0 radical (unpaired) electrons. The minimum Gasteiger partial charge on any atom is -0.334 e. The summed E-state index contributed by atoms with van der Waals surface area (Å²) in [4.78, 5) is 23.1. The third-order valence-corrected chi connectivity index (χ3v) is 2.34. The van der Waals surface area contributed by atoms with Crippen molar-refractivity contribution >= 4 is 5.91 Å². The zero-order valence-electron chi connectivity index (χ0n) is 9.17. The van der Waals surface area contributed by atoms with E-state index in [1.54, 1.807) is 42.6 Å². The summed E-state index contributed by atoms with van der Waals surface area (Å²) in [6.07, 6.45) is 1.63. The standard InChI is InChI=1S/C13H12N2O2/c16-12-8-4-5-9-15(12)10-14-13(17)11-6-2-1-3-7-11/h1-9H,10H2,(H,14,17). The number of nitrogens with zero attached hydrogens (tertiary/aromatic N) is 1. The molecule has 0 unspecified atom stereocenters. The van der Waals surface area contributed by atoms with Gasteiger partial charge in [0.05, 0.1) is 6.67 Å².